The Morgan fingerprint density at radius 3 is 2.48 bits per heavy atom. The number of rotatable bonds is 9. The van der Waals surface area contributed by atoms with Gasteiger partial charge in [0.15, 0.2) is 5.82 Å². The number of anilines is 2. The molecule has 7 nitrogen and oxygen atoms in total. The fourth-order valence-electron chi connectivity index (χ4n) is 2.55. The van der Waals surface area contributed by atoms with Crippen LogP contribution < -0.4 is 20.1 Å². The molecule has 2 aromatic carbocycles. The third-order valence-electron chi connectivity index (χ3n) is 4.02. The zero-order chi connectivity index (χ0) is 18.9. The van der Waals surface area contributed by atoms with Gasteiger partial charge in [0.2, 0.25) is 5.95 Å². The fourth-order valence-corrected chi connectivity index (χ4v) is 2.55. The van der Waals surface area contributed by atoms with Gasteiger partial charge in [-0.3, -0.25) is 0 Å². The number of benzene rings is 2. The Labute approximate surface area is 158 Å². The van der Waals surface area contributed by atoms with Crippen LogP contribution in [-0.2, 0) is 13.0 Å². The Morgan fingerprint density at radius 1 is 0.889 bits per heavy atom. The fraction of sp³-hybridized carbons (Fsp3) is 0.250. The first-order chi connectivity index (χ1) is 13.3. The average Bonchev–Trinajstić information content (AvgIpc) is 2.73. The Kier molecular flexibility index (Phi) is 6.40. The molecule has 0 bridgehead atoms. The van der Waals surface area contributed by atoms with Gasteiger partial charge in [0.05, 0.1) is 20.4 Å². The van der Waals surface area contributed by atoms with E-state index in [-0.39, 0.29) is 0 Å². The van der Waals surface area contributed by atoms with Gasteiger partial charge in [-0.2, -0.15) is 10.1 Å². The van der Waals surface area contributed by atoms with E-state index < -0.39 is 0 Å². The van der Waals surface area contributed by atoms with E-state index in [1.165, 1.54) is 5.56 Å². The molecular weight excluding hydrogens is 342 g/mol. The molecule has 3 aromatic rings. The molecule has 0 aliphatic heterocycles. The molecule has 0 atom stereocenters. The van der Waals surface area contributed by atoms with Gasteiger partial charge >= 0.3 is 0 Å². The van der Waals surface area contributed by atoms with E-state index in [0.29, 0.717) is 24.9 Å². The van der Waals surface area contributed by atoms with E-state index in [1.54, 1.807) is 20.4 Å². The zero-order valence-corrected chi connectivity index (χ0v) is 15.5. The molecular formula is C20H23N5O2. The maximum absolute atomic E-state index is 5.24. The number of nitrogens with one attached hydrogen (secondary N) is 2. The molecule has 0 amide bonds. The van der Waals surface area contributed by atoms with Crippen LogP contribution >= 0.6 is 0 Å². The second-order valence-electron chi connectivity index (χ2n) is 5.90. The number of aromatic nitrogens is 3. The van der Waals surface area contributed by atoms with Crippen LogP contribution in [0.15, 0.2) is 54.7 Å². The molecule has 0 aliphatic rings. The molecule has 2 N–H and O–H groups in total. The Morgan fingerprint density at radius 2 is 1.70 bits per heavy atom. The van der Waals surface area contributed by atoms with Crippen LogP contribution in [0.5, 0.6) is 11.5 Å². The molecule has 1 aromatic heterocycles. The highest BCUT2D eigenvalue weighted by Crippen LogP contribution is 2.14. The third-order valence-corrected chi connectivity index (χ3v) is 4.02. The van der Waals surface area contributed by atoms with E-state index in [0.717, 1.165) is 23.5 Å². The Hall–Kier alpha value is -3.35. The van der Waals surface area contributed by atoms with Crippen molar-refractivity contribution in [1.29, 1.82) is 0 Å². The van der Waals surface area contributed by atoms with Gasteiger partial charge in [-0.15, -0.1) is 5.10 Å². The first-order valence-electron chi connectivity index (χ1n) is 8.70. The van der Waals surface area contributed by atoms with Crippen molar-refractivity contribution in [2.75, 3.05) is 31.4 Å². The van der Waals surface area contributed by atoms with Crippen molar-refractivity contribution in [2.45, 2.75) is 13.0 Å². The standard InChI is InChI=1S/C20H23N5O2/c1-26-17-8-6-16(7-9-17)13-22-19-14-23-25-20(24-19)21-11-10-15-4-3-5-18(12-15)27-2/h3-9,12,14H,10-11,13H2,1-2H3,(H2,21,22,24,25). The number of hydrogen-bond acceptors (Lipinski definition) is 7. The minimum Gasteiger partial charge on any atom is -0.497 e. The molecule has 0 saturated heterocycles. The highest BCUT2D eigenvalue weighted by Gasteiger charge is 2.02. The second-order valence-corrected chi connectivity index (χ2v) is 5.90. The van der Waals surface area contributed by atoms with Crippen molar-refractivity contribution in [3.63, 3.8) is 0 Å². The van der Waals surface area contributed by atoms with E-state index in [4.69, 9.17) is 9.47 Å². The first kappa shape index (κ1) is 18.4. The molecule has 7 heteroatoms. The summed E-state index contributed by atoms with van der Waals surface area (Å²) < 4.78 is 10.4. The van der Waals surface area contributed by atoms with Gasteiger partial charge in [0.25, 0.3) is 0 Å². The minimum absolute atomic E-state index is 0.498. The first-order valence-corrected chi connectivity index (χ1v) is 8.70. The summed E-state index contributed by atoms with van der Waals surface area (Å²) in [4.78, 5) is 4.44. The topological polar surface area (TPSA) is 81.2 Å². The van der Waals surface area contributed by atoms with Crippen LogP contribution in [0.3, 0.4) is 0 Å². The number of methoxy groups -OCH3 is 2. The lowest BCUT2D eigenvalue weighted by atomic mass is 10.1. The van der Waals surface area contributed by atoms with E-state index >= 15 is 0 Å². The molecule has 1 heterocycles. The lowest BCUT2D eigenvalue weighted by Crippen LogP contribution is -2.10. The number of ether oxygens (including phenoxy) is 2. The summed E-state index contributed by atoms with van der Waals surface area (Å²) in [5, 5.41) is 14.5. The summed E-state index contributed by atoms with van der Waals surface area (Å²) in [7, 11) is 3.32. The van der Waals surface area contributed by atoms with E-state index in [1.807, 2.05) is 42.5 Å². The summed E-state index contributed by atoms with van der Waals surface area (Å²) in [5.74, 6) is 2.86. The van der Waals surface area contributed by atoms with Crippen LogP contribution in [0.2, 0.25) is 0 Å². The predicted molar refractivity (Wildman–Crippen MR) is 105 cm³/mol. The highest BCUT2D eigenvalue weighted by atomic mass is 16.5. The molecule has 3 rings (SSSR count). The van der Waals surface area contributed by atoms with Crippen LogP contribution in [0.4, 0.5) is 11.8 Å². The molecule has 27 heavy (non-hydrogen) atoms. The van der Waals surface area contributed by atoms with Gasteiger partial charge < -0.3 is 20.1 Å². The quantitative estimate of drug-likeness (QED) is 0.603. The molecule has 0 unspecified atom stereocenters. The molecule has 0 aliphatic carbocycles. The van der Waals surface area contributed by atoms with Crippen LogP contribution in [0.25, 0.3) is 0 Å². The second kappa shape index (κ2) is 9.38. The zero-order valence-electron chi connectivity index (χ0n) is 15.5. The van der Waals surface area contributed by atoms with Gasteiger partial charge in [0.1, 0.15) is 11.5 Å². The molecule has 140 valence electrons. The van der Waals surface area contributed by atoms with Crippen molar-refractivity contribution >= 4 is 11.8 Å². The monoisotopic (exact) mass is 365 g/mol. The molecule has 0 spiro atoms. The summed E-state index contributed by atoms with van der Waals surface area (Å²) >= 11 is 0. The van der Waals surface area contributed by atoms with Crippen LogP contribution in [0, 0.1) is 0 Å². The van der Waals surface area contributed by atoms with Gasteiger partial charge in [0, 0.05) is 13.1 Å². The number of hydrogen-bond donors (Lipinski definition) is 2. The largest absolute Gasteiger partial charge is 0.497 e. The van der Waals surface area contributed by atoms with E-state index in [2.05, 4.69) is 31.9 Å². The average molecular weight is 365 g/mol. The molecule has 0 fully saturated rings. The van der Waals surface area contributed by atoms with Crippen molar-refractivity contribution in [3.05, 3.63) is 65.9 Å². The maximum atomic E-state index is 5.24. The predicted octanol–water partition coefficient (Wildman–Crippen LogP) is 3.16. The van der Waals surface area contributed by atoms with Crippen molar-refractivity contribution < 1.29 is 9.47 Å². The highest BCUT2D eigenvalue weighted by molar-refractivity contribution is 5.39. The van der Waals surface area contributed by atoms with Crippen LogP contribution in [0.1, 0.15) is 11.1 Å². The summed E-state index contributed by atoms with van der Waals surface area (Å²) in [5.41, 5.74) is 2.31. The summed E-state index contributed by atoms with van der Waals surface area (Å²) in [6, 6.07) is 15.9. The SMILES string of the molecule is COc1ccc(CNc2cnnc(NCCc3cccc(OC)c3)n2)cc1. The maximum Gasteiger partial charge on any atom is 0.244 e. The Balaban J connectivity index is 1.50. The Bertz CT molecular complexity index is 855. The summed E-state index contributed by atoms with van der Waals surface area (Å²) in [6.45, 7) is 1.35. The van der Waals surface area contributed by atoms with Crippen molar-refractivity contribution in [2.24, 2.45) is 0 Å². The smallest absolute Gasteiger partial charge is 0.244 e. The van der Waals surface area contributed by atoms with Crippen LogP contribution in [-0.4, -0.2) is 35.9 Å². The van der Waals surface area contributed by atoms with Crippen molar-refractivity contribution in [3.8, 4) is 11.5 Å². The lowest BCUT2D eigenvalue weighted by molar-refractivity contribution is 0.414. The molecule has 0 saturated carbocycles. The minimum atomic E-state index is 0.498. The van der Waals surface area contributed by atoms with Gasteiger partial charge in [-0.25, -0.2) is 0 Å². The van der Waals surface area contributed by atoms with Crippen molar-refractivity contribution in [1.82, 2.24) is 15.2 Å². The van der Waals surface area contributed by atoms with Gasteiger partial charge in [-0.1, -0.05) is 24.3 Å². The third kappa shape index (κ3) is 5.57. The van der Waals surface area contributed by atoms with E-state index in [9.17, 15) is 0 Å². The normalized spacial score (nSPS) is 10.3. The summed E-state index contributed by atoms with van der Waals surface area (Å²) in [6.07, 6.45) is 2.45. The number of nitrogens with zero attached hydrogens (tertiary/aromatic N) is 3. The molecule has 0 radical (unpaired) electrons. The van der Waals surface area contributed by atoms with Gasteiger partial charge in [-0.05, 0) is 41.8 Å². The lowest BCUT2D eigenvalue weighted by Gasteiger charge is -2.09.